The molecule has 0 atom stereocenters. The van der Waals surface area contributed by atoms with Crippen molar-refractivity contribution in [1.82, 2.24) is 0 Å². The maximum absolute atomic E-state index is 5.67. The molecule has 0 unspecified atom stereocenters. The van der Waals surface area contributed by atoms with Gasteiger partial charge in [-0.25, -0.2) is 0 Å². The molecular formula is C11H13NS. The van der Waals surface area contributed by atoms with E-state index in [0.717, 1.165) is 12.0 Å². The third-order valence-electron chi connectivity index (χ3n) is 2.66. The fraction of sp³-hybridized carbons (Fsp3) is 0.364. The summed E-state index contributed by atoms with van der Waals surface area (Å²) in [6, 6.07) is 6.28. The normalized spacial score (nSPS) is 15.1. The van der Waals surface area contributed by atoms with E-state index in [9.17, 15) is 0 Å². The molecule has 0 fully saturated rings. The van der Waals surface area contributed by atoms with E-state index in [2.05, 4.69) is 12.1 Å². The third-order valence-corrected chi connectivity index (χ3v) is 2.88. The summed E-state index contributed by atoms with van der Waals surface area (Å²) in [5, 5.41) is 0. The first-order chi connectivity index (χ1) is 6.29. The number of benzene rings is 1. The Kier molecular flexibility index (Phi) is 2.32. The Morgan fingerprint density at radius 3 is 2.77 bits per heavy atom. The van der Waals surface area contributed by atoms with Gasteiger partial charge in [-0.1, -0.05) is 30.4 Å². The molecule has 68 valence electrons. The second-order valence-electron chi connectivity index (χ2n) is 3.51. The molecule has 0 spiro atoms. The topological polar surface area (TPSA) is 26.0 Å². The second-order valence-corrected chi connectivity index (χ2v) is 3.95. The van der Waals surface area contributed by atoms with Gasteiger partial charge in [0.05, 0.1) is 0 Å². The lowest BCUT2D eigenvalue weighted by molar-refractivity contribution is 0.685. The molecule has 1 aliphatic rings. The van der Waals surface area contributed by atoms with Crippen molar-refractivity contribution in [2.75, 3.05) is 0 Å². The molecule has 0 heterocycles. The smallest absolute Gasteiger partial charge is 0.104 e. The fourth-order valence-electron chi connectivity index (χ4n) is 2.01. The summed E-state index contributed by atoms with van der Waals surface area (Å²) in [4.78, 5) is 0.541. The molecule has 1 aliphatic carbocycles. The van der Waals surface area contributed by atoms with Crippen molar-refractivity contribution < 1.29 is 0 Å². The number of thiocarbonyl (C=S) groups is 1. The maximum Gasteiger partial charge on any atom is 0.104 e. The summed E-state index contributed by atoms with van der Waals surface area (Å²) in [5.74, 6) is 0. The van der Waals surface area contributed by atoms with E-state index in [1.807, 2.05) is 6.07 Å². The van der Waals surface area contributed by atoms with Gasteiger partial charge in [0.2, 0.25) is 0 Å². The van der Waals surface area contributed by atoms with Crippen molar-refractivity contribution in [3.8, 4) is 0 Å². The van der Waals surface area contributed by atoms with Crippen LogP contribution in [0.1, 0.15) is 29.5 Å². The molecule has 2 heteroatoms. The van der Waals surface area contributed by atoms with Crippen LogP contribution in [0.15, 0.2) is 18.2 Å². The Bertz CT molecular complexity index is 344. The molecule has 0 amide bonds. The van der Waals surface area contributed by atoms with Gasteiger partial charge in [-0.2, -0.15) is 0 Å². The number of fused-ring (bicyclic) bond motifs is 1. The average Bonchev–Trinajstić information content (AvgIpc) is 2.17. The Hall–Kier alpha value is -0.890. The van der Waals surface area contributed by atoms with E-state index in [1.165, 1.54) is 30.4 Å². The van der Waals surface area contributed by atoms with Gasteiger partial charge in [-0.05, 0) is 36.8 Å². The largest absolute Gasteiger partial charge is 0.389 e. The van der Waals surface area contributed by atoms with Crippen LogP contribution in [-0.2, 0) is 12.8 Å². The highest BCUT2D eigenvalue weighted by Crippen LogP contribution is 2.24. The lowest BCUT2D eigenvalue weighted by Gasteiger charge is -2.18. The number of hydrogen-bond donors (Lipinski definition) is 1. The van der Waals surface area contributed by atoms with Crippen molar-refractivity contribution in [2.45, 2.75) is 25.7 Å². The standard InChI is InChI=1S/C11H13NS/c12-11(13)10-7-3-5-8-4-1-2-6-9(8)10/h3,5,7H,1-2,4,6H2,(H2,12,13). The van der Waals surface area contributed by atoms with Crippen molar-refractivity contribution in [3.63, 3.8) is 0 Å². The van der Waals surface area contributed by atoms with Crippen LogP contribution in [0.2, 0.25) is 0 Å². The molecule has 2 rings (SSSR count). The van der Waals surface area contributed by atoms with Crippen LogP contribution < -0.4 is 5.73 Å². The Morgan fingerprint density at radius 2 is 2.00 bits per heavy atom. The highest BCUT2D eigenvalue weighted by atomic mass is 32.1. The van der Waals surface area contributed by atoms with Crippen molar-refractivity contribution >= 4 is 17.2 Å². The fourth-order valence-corrected chi connectivity index (χ4v) is 2.20. The zero-order valence-electron chi connectivity index (χ0n) is 7.55. The van der Waals surface area contributed by atoms with Gasteiger partial charge in [0.25, 0.3) is 0 Å². The predicted octanol–water partition coefficient (Wildman–Crippen LogP) is 2.20. The minimum absolute atomic E-state index is 0.541. The second kappa shape index (κ2) is 3.46. The van der Waals surface area contributed by atoms with Crippen molar-refractivity contribution in [2.24, 2.45) is 5.73 Å². The number of aryl methyl sites for hydroxylation is 1. The van der Waals surface area contributed by atoms with Crippen LogP contribution in [0.25, 0.3) is 0 Å². The van der Waals surface area contributed by atoms with E-state index < -0.39 is 0 Å². The number of rotatable bonds is 1. The first kappa shape index (κ1) is 8.70. The molecular weight excluding hydrogens is 178 g/mol. The minimum Gasteiger partial charge on any atom is -0.389 e. The predicted molar refractivity (Wildman–Crippen MR) is 59.0 cm³/mol. The van der Waals surface area contributed by atoms with E-state index in [1.54, 1.807) is 0 Å². The monoisotopic (exact) mass is 191 g/mol. The van der Waals surface area contributed by atoms with Crippen LogP contribution in [0, 0.1) is 0 Å². The summed E-state index contributed by atoms with van der Waals surface area (Å²) in [5.41, 5.74) is 9.59. The third kappa shape index (κ3) is 1.59. The zero-order chi connectivity index (χ0) is 9.26. The maximum atomic E-state index is 5.67. The summed E-state index contributed by atoms with van der Waals surface area (Å²) in [7, 11) is 0. The molecule has 0 radical (unpaired) electrons. The molecule has 1 aromatic carbocycles. The summed E-state index contributed by atoms with van der Waals surface area (Å²) in [6.07, 6.45) is 4.90. The summed E-state index contributed by atoms with van der Waals surface area (Å²) >= 11 is 5.03. The van der Waals surface area contributed by atoms with Gasteiger partial charge in [0, 0.05) is 5.56 Å². The van der Waals surface area contributed by atoms with Gasteiger partial charge in [-0.15, -0.1) is 0 Å². The van der Waals surface area contributed by atoms with Crippen molar-refractivity contribution in [3.05, 3.63) is 34.9 Å². The van der Waals surface area contributed by atoms with Gasteiger partial charge in [0.15, 0.2) is 0 Å². The summed E-state index contributed by atoms with van der Waals surface area (Å²) < 4.78 is 0. The number of hydrogen-bond acceptors (Lipinski definition) is 1. The van der Waals surface area contributed by atoms with Crippen molar-refractivity contribution in [1.29, 1.82) is 0 Å². The van der Waals surface area contributed by atoms with Gasteiger partial charge >= 0.3 is 0 Å². The lowest BCUT2D eigenvalue weighted by atomic mass is 9.88. The van der Waals surface area contributed by atoms with Gasteiger partial charge < -0.3 is 5.73 Å². The van der Waals surface area contributed by atoms with Crippen LogP contribution in [0.4, 0.5) is 0 Å². The van der Waals surface area contributed by atoms with E-state index >= 15 is 0 Å². The molecule has 0 saturated carbocycles. The van der Waals surface area contributed by atoms with E-state index in [-0.39, 0.29) is 0 Å². The average molecular weight is 191 g/mol. The first-order valence-electron chi connectivity index (χ1n) is 4.69. The first-order valence-corrected chi connectivity index (χ1v) is 5.10. The van der Waals surface area contributed by atoms with Gasteiger partial charge in [0.1, 0.15) is 4.99 Å². The highest BCUT2D eigenvalue weighted by Gasteiger charge is 2.13. The molecule has 1 nitrogen and oxygen atoms in total. The van der Waals surface area contributed by atoms with Crippen LogP contribution in [-0.4, -0.2) is 4.99 Å². The van der Waals surface area contributed by atoms with Crippen LogP contribution in [0.5, 0.6) is 0 Å². The molecule has 0 aromatic heterocycles. The zero-order valence-corrected chi connectivity index (χ0v) is 8.36. The SMILES string of the molecule is NC(=S)c1cccc2c1CCCC2. The number of nitrogens with two attached hydrogens (primary N) is 1. The molecule has 0 aliphatic heterocycles. The Morgan fingerprint density at radius 1 is 1.23 bits per heavy atom. The van der Waals surface area contributed by atoms with Crippen LogP contribution >= 0.6 is 12.2 Å². The quantitative estimate of drug-likeness (QED) is 0.689. The lowest BCUT2D eigenvalue weighted by Crippen LogP contribution is -2.15. The summed E-state index contributed by atoms with van der Waals surface area (Å²) in [6.45, 7) is 0. The van der Waals surface area contributed by atoms with E-state index in [0.29, 0.717) is 4.99 Å². The Labute approximate surface area is 83.9 Å². The molecule has 13 heavy (non-hydrogen) atoms. The molecule has 0 bridgehead atoms. The van der Waals surface area contributed by atoms with Crippen LogP contribution in [0.3, 0.4) is 0 Å². The molecule has 1 aromatic rings. The van der Waals surface area contributed by atoms with Gasteiger partial charge in [-0.3, -0.25) is 0 Å². The Balaban J connectivity index is 2.52. The molecule has 2 N–H and O–H groups in total. The van der Waals surface area contributed by atoms with E-state index in [4.69, 9.17) is 18.0 Å². The minimum atomic E-state index is 0.541. The molecule has 0 saturated heterocycles. The highest BCUT2D eigenvalue weighted by molar-refractivity contribution is 7.80.